The van der Waals surface area contributed by atoms with Gasteiger partial charge in [0.25, 0.3) is 0 Å². The lowest BCUT2D eigenvalue weighted by Crippen LogP contribution is -2.34. The molecule has 2 heteroatoms. The van der Waals surface area contributed by atoms with Crippen LogP contribution in [0.1, 0.15) is 25.1 Å². The van der Waals surface area contributed by atoms with Gasteiger partial charge in [0.1, 0.15) is 0 Å². The van der Waals surface area contributed by atoms with E-state index in [-0.39, 0.29) is 0 Å². The van der Waals surface area contributed by atoms with Crippen LogP contribution in [0.15, 0.2) is 0 Å². The fourth-order valence-electron chi connectivity index (χ4n) is 0.341. The molecule has 0 aliphatic carbocycles. The molecule has 1 unspecified atom stereocenters. The van der Waals surface area contributed by atoms with Crippen LogP contribution in [0.3, 0.4) is 0 Å². The first kappa shape index (κ1) is 1.32. The summed E-state index contributed by atoms with van der Waals surface area (Å²) in [5.41, 5.74) is 0. The van der Waals surface area contributed by atoms with Crippen molar-refractivity contribution in [2.75, 3.05) is 20.1 Å². The van der Waals surface area contributed by atoms with Gasteiger partial charge in [-0.2, -0.15) is 0 Å². The number of rotatable bonds is 1. The van der Waals surface area contributed by atoms with E-state index >= 15 is 0 Å². The lowest BCUT2D eigenvalue weighted by atomic mass is 10.1. The van der Waals surface area contributed by atoms with Crippen molar-refractivity contribution < 1.29 is 17.1 Å². The van der Waals surface area contributed by atoms with E-state index in [1.165, 1.54) is 0 Å². The molecular formula is C6H13NO. The smallest absolute Gasteiger partial charge is 0.0696 e. The van der Waals surface area contributed by atoms with Crippen LogP contribution in [0, 0.1) is 0 Å². The van der Waals surface area contributed by atoms with Gasteiger partial charge in [0.2, 0.25) is 0 Å². The monoisotopic (exact) mass is 124 g/mol. The van der Waals surface area contributed by atoms with Crippen molar-refractivity contribution in [3.63, 3.8) is 0 Å². The van der Waals surface area contributed by atoms with E-state index in [9.17, 15) is 0 Å². The number of piperidine rings is 1. The standard InChI is InChI=1S/C6H13NO/c1-8-6-3-2-4-7-5-6/h6-7H,2-5H2,1H3/i2D2,3D2,4D2,5D2,6D. The number of methoxy groups -OCH3 is 1. The Morgan fingerprint density at radius 3 is 3.62 bits per heavy atom. The Morgan fingerprint density at radius 1 is 2.00 bits per heavy atom. The van der Waals surface area contributed by atoms with Gasteiger partial charge >= 0.3 is 0 Å². The zero-order chi connectivity index (χ0) is 13.9. The second kappa shape index (κ2) is 3.05. The highest BCUT2D eigenvalue weighted by molar-refractivity contribution is 4.67. The van der Waals surface area contributed by atoms with Crippen molar-refractivity contribution in [2.24, 2.45) is 0 Å². The van der Waals surface area contributed by atoms with Crippen molar-refractivity contribution in [3.8, 4) is 0 Å². The third-order valence-corrected chi connectivity index (χ3v) is 0.681. The minimum absolute atomic E-state index is 0.876. The number of ether oxygens (including phenoxy) is 1. The molecule has 0 spiro atoms. The van der Waals surface area contributed by atoms with Gasteiger partial charge < -0.3 is 10.1 Å². The summed E-state index contributed by atoms with van der Waals surface area (Å²) in [5.74, 6) is 0. The van der Waals surface area contributed by atoms with Crippen LogP contribution in [-0.2, 0) is 4.74 Å². The van der Waals surface area contributed by atoms with Crippen LogP contribution in [0.2, 0.25) is 0 Å². The van der Waals surface area contributed by atoms with Gasteiger partial charge in [-0.3, -0.25) is 0 Å². The molecule has 0 radical (unpaired) electrons. The van der Waals surface area contributed by atoms with Gasteiger partial charge in [-0.05, 0) is 19.2 Å². The molecule has 1 rings (SSSR count). The Morgan fingerprint density at radius 2 is 2.88 bits per heavy atom. The maximum Gasteiger partial charge on any atom is 0.0696 e. The Kier molecular flexibility index (Phi) is 0.505. The van der Waals surface area contributed by atoms with Crippen LogP contribution in [0.5, 0.6) is 0 Å². The van der Waals surface area contributed by atoms with Crippen molar-refractivity contribution >= 4 is 0 Å². The summed E-state index contributed by atoms with van der Waals surface area (Å²) in [7, 11) is 0.876. The second-order valence-corrected chi connectivity index (χ2v) is 1.16. The van der Waals surface area contributed by atoms with E-state index in [2.05, 4.69) is 4.74 Å². The van der Waals surface area contributed by atoms with Crippen LogP contribution < -0.4 is 5.32 Å². The summed E-state index contributed by atoms with van der Waals surface area (Å²) in [5, 5.41) is 1.66. The predicted molar refractivity (Wildman–Crippen MR) is 32.9 cm³/mol. The summed E-state index contributed by atoms with van der Waals surface area (Å²) < 4.78 is 71.8. The molecule has 1 N–H and O–H groups in total. The maximum absolute atomic E-state index is 7.67. The fourth-order valence-corrected chi connectivity index (χ4v) is 0.341. The van der Waals surface area contributed by atoms with E-state index < -0.39 is 31.8 Å². The van der Waals surface area contributed by atoms with Crippen LogP contribution in [0.4, 0.5) is 0 Å². The molecule has 2 nitrogen and oxygen atoms in total. The first-order chi connectivity index (χ1) is 7.27. The van der Waals surface area contributed by atoms with Gasteiger partial charge in [0.15, 0.2) is 0 Å². The summed E-state index contributed by atoms with van der Waals surface area (Å²) in [6, 6.07) is 0. The molecular weight excluding hydrogens is 102 g/mol. The molecule has 0 bridgehead atoms. The van der Waals surface area contributed by atoms with Gasteiger partial charge in [0, 0.05) is 24.6 Å². The third kappa shape index (κ3) is 1.46. The van der Waals surface area contributed by atoms with Crippen molar-refractivity contribution in [1.82, 2.24) is 5.32 Å². The molecule has 1 saturated heterocycles. The highest BCUT2D eigenvalue weighted by Crippen LogP contribution is 2.03. The van der Waals surface area contributed by atoms with Gasteiger partial charge in [-0.1, -0.05) is 0 Å². The molecule has 1 heterocycles. The Hall–Kier alpha value is -0.0800. The summed E-state index contributed by atoms with van der Waals surface area (Å²) >= 11 is 0. The van der Waals surface area contributed by atoms with Gasteiger partial charge in [-0.25, -0.2) is 0 Å². The number of hydrogen-bond donors (Lipinski definition) is 1. The molecule has 48 valence electrons. The van der Waals surface area contributed by atoms with Crippen LogP contribution >= 0.6 is 0 Å². The minimum atomic E-state index is -3.19. The minimum Gasteiger partial charge on any atom is -0.380 e. The Balaban J connectivity index is 3.48. The van der Waals surface area contributed by atoms with E-state index in [4.69, 9.17) is 12.3 Å². The summed E-state index contributed by atoms with van der Waals surface area (Å²) in [6.07, 6.45) is -9.23. The first-order valence-corrected chi connectivity index (χ1v) is 2.11. The van der Waals surface area contributed by atoms with E-state index in [0.717, 1.165) is 7.11 Å². The Labute approximate surface area is 62.9 Å². The van der Waals surface area contributed by atoms with E-state index in [1.807, 2.05) is 0 Å². The quantitative estimate of drug-likeness (QED) is 0.546. The zero-order valence-electron chi connectivity index (χ0n) is 13.4. The molecule has 0 aromatic heterocycles. The number of hydrogen-bond acceptors (Lipinski definition) is 2. The lowest BCUT2D eigenvalue weighted by Gasteiger charge is -2.20. The molecule has 1 fully saturated rings. The largest absolute Gasteiger partial charge is 0.380 e. The predicted octanol–water partition coefficient (Wildman–Crippen LogP) is 0.385. The maximum atomic E-state index is 7.67. The molecule has 1 aliphatic rings. The van der Waals surface area contributed by atoms with Crippen molar-refractivity contribution in [3.05, 3.63) is 0 Å². The van der Waals surface area contributed by atoms with Crippen molar-refractivity contribution in [2.45, 2.75) is 18.8 Å². The Bertz CT molecular complexity index is 329. The molecule has 0 saturated carbocycles. The molecule has 1 atom stereocenters. The average molecular weight is 124 g/mol. The van der Waals surface area contributed by atoms with E-state index in [0.29, 0.717) is 0 Å². The SMILES string of the molecule is [2H]C1([2H])NC([2H])([2H])C([2H])(OC)C([2H])([2H])C1([2H])[2H]. The molecule has 0 aromatic carbocycles. The zero-order valence-corrected chi connectivity index (χ0v) is 4.41. The number of nitrogens with one attached hydrogen (secondary N) is 1. The van der Waals surface area contributed by atoms with Gasteiger partial charge in [-0.15, -0.1) is 0 Å². The van der Waals surface area contributed by atoms with Crippen LogP contribution in [-0.4, -0.2) is 26.2 Å². The van der Waals surface area contributed by atoms with Crippen LogP contribution in [0.25, 0.3) is 0 Å². The normalized spacial score (nSPS) is 81.4. The van der Waals surface area contributed by atoms with Gasteiger partial charge in [0.05, 0.1) is 7.45 Å². The second-order valence-electron chi connectivity index (χ2n) is 1.16. The van der Waals surface area contributed by atoms with E-state index in [1.54, 1.807) is 5.32 Å². The highest BCUT2D eigenvalue weighted by Gasteiger charge is 2.09. The topological polar surface area (TPSA) is 21.3 Å². The molecule has 8 heavy (non-hydrogen) atoms. The average Bonchev–Trinajstić information content (AvgIpc) is 2.12. The molecule has 0 aromatic rings. The molecule has 1 aliphatic heterocycles. The lowest BCUT2D eigenvalue weighted by molar-refractivity contribution is 0.0810. The molecule has 0 amide bonds. The summed E-state index contributed by atoms with van der Waals surface area (Å²) in [6.45, 7) is -5.86. The first-order valence-electron chi connectivity index (χ1n) is 6.61. The summed E-state index contributed by atoms with van der Waals surface area (Å²) in [4.78, 5) is 0. The third-order valence-electron chi connectivity index (χ3n) is 0.681. The van der Waals surface area contributed by atoms with Crippen molar-refractivity contribution in [1.29, 1.82) is 0 Å². The highest BCUT2D eigenvalue weighted by atomic mass is 16.5. The fraction of sp³-hybridized carbons (Fsp3) is 1.00.